The zero-order chi connectivity index (χ0) is 15.1. The normalized spacial score (nSPS) is 27.0. The molecule has 0 bridgehead atoms. The second-order valence-electron chi connectivity index (χ2n) is 6.04. The number of nitrogens with one attached hydrogen (secondary N) is 1. The van der Waals surface area contributed by atoms with Crippen molar-refractivity contribution in [3.63, 3.8) is 0 Å². The van der Waals surface area contributed by atoms with Crippen LogP contribution in [0.2, 0.25) is 0 Å². The molecule has 3 aliphatic heterocycles. The van der Waals surface area contributed by atoms with Gasteiger partial charge in [-0.05, 0) is 25.5 Å². The van der Waals surface area contributed by atoms with E-state index in [1.165, 1.54) is 4.76 Å². The molecule has 3 heterocycles. The lowest BCUT2D eigenvalue weighted by Crippen LogP contribution is -2.39. The molecule has 112 valence electrons. The molecular formula is C18H19N2O2+. The summed E-state index contributed by atoms with van der Waals surface area (Å²) in [6.45, 7) is 2.70. The van der Waals surface area contributed by atoms with E-state index in [0.717, 1.165) is 41.1 Å². The van der Waals surface area contributed by atoms with Gasteiger partial charge < -0.3 is 10.1 Å². The summed E-state index contributed by atoms with van der Waals surface area (Å²) in [5.74, 6) is 0.852. The van der Waals surface area contributed by atoms with E-state index in [0.29, 0.717) is 12.6 Å². The van der Waals surface area contributed by atoms with Crippen LogP contribution in [0.1, 0.15) is 31.4 Å². The smallest absolute Gasteiger partial charge is 0.261 e. The highest BCUT2D eigenvalue weighted by Gasteiger charge is 2.46. The lowest BCUT2D eigenvalue weighted by molar-refractivity contribution is -0.542. The number of allylic oxidation sites excluding steroid dienone is 1. The molecule has 0 amide bonds. The Labute approximate surface area is 129 Å². The fourth-order valence-corrected chi connectivity index (χ4v) is 3.43. The number of hydrogen-bond donors (Lipinski definition) is 1. The Balaban J connectivity index is 1.87. The molecule has 0 saturated carbocycles. The van der Waals surface area contributed by atoms with Crippen molar-refractivity contribution in [3.8, 4) is 0 Å². The Morgan fingerprint density at radius 2 is 2.09 bits per heavy atom. The Morgan fingerprint density at radius 3 is 2.91 bits per heavy atom. The van der Waals surface area contributed by atoms with Gasteiger partial charge in [-0.15, -0.1) is 0 Å². The van der Waals surface area contributed by atoms with Crippen LogP contribution in [0.5, 0.6) is 0 Å². The average Bonchev–Trinajstić information content (AvgIpc) is 2.56. The predicted octanol–water partition coefficient (Wildman–Crippen LogP) is 3.34. The van der Waals surface area contributed by atoms with Gasteiger partial charge in [0.2, 0.25) is 0 Å². The summed E-state index contributed by atoms with van der Waals surface area (Å²) >= 11 is 0. The van der Waals surface area contributed by atoms with E-state index in [1.807, 2.05) is 42.5 Å². The van der Waals surface area contributed by atoms with E-state index < -0.39 is 0 Å². The zero-order valence-electron chi connectivity index (χ0n) is 12.6. The van der Waals surface area contributed by atoms with Gasteiger partial charge in [0.15, 0.2) is 11.5 Å². The lowest BCUT2D eigenvalue weighted by atomic mass is 9.89. The topological polar surface area (TPSA) is 41.3 Å². The number of fused-ring (bicyclic) bond motifs is 1. The molecule has 1 N–H and O–H groups in total. The van der Waals surface area contributed by atoms with Crippen molar-refractivity contribution in [2.24, 2.45) is 0 Å². The van der Waals surface area contributed by atoms with Crippen LogP contribution < -0.4 is 5.32 Å². The second-order valence-corrected chi connectivity index (χ2v) is 6.04. The van der Waals surface area contributed by atoms with Crippen LogP contribution in [0, 0.1) is 4.91 Å². The summed E-state index contributed by atoms with van der Waals surface area (Å²) in [5.41, 5.74) is 3.67. The molecule has 4 rings (SSSR count). The number of rotatable bonds is 1. The Morgan fingerprint density at radius 1 is 1.27 bits per heavy atom. The monoisotopic (exact) mass is 295 g/mol. The summed E-state index contributed by atoms with van der Waals surface area (Å²) in [6, 6.07) is 9.98. The minimum Gasteiger partial charge on any atom is -0.487 e. The Kier molecular flexibility index (Phi) is 3.10. The molecule has 0 spiro atoms. The highest BCUT2D eigenvalue weighted by atomic mass is 16.5. The molecule has 0 radical (unpaired) electrons. The SMILES string of the molecule is CC1CCC2=C(N1)C1=C(C=CCO1)C(c1ccccc1)[N+]2=O. The van der Waals surface area contributed by atoms with Crippen LogP contribution in [-0.4, -0.2) is 17.4 Å². The van der Waals surface area contributed by atoms with Crippen molar-refractivity contribution in [1.82, 2.24) is 5.32 Å². The van der Waals surface area contributed by atoms with Gasteiger partial charge in [-0.2, -0.15) is 0 Å². The number of nitrogens with zero attached hydrogens (tertiary/aromatic N) is 1. The summed E-state index contributed by atoms with van der Waals surface area (Å²) in [4.78, 5) is 13.0. The first-order valence-electron chi connectivity index (χ1n) is 7.80. The summed E-state index contributed by atoms with van der Waals surface area (Å²) in [5, 5.41) is 3.44. The average molecular weight is 295 g/mol. The standard InChI is InChI=1S/C18H19N2O2/c1-12-9-10-15-16(19-12)18-14(8-5-11-22-18)17(20(15)21)13-6-3-2-4-7-13/h2-8,12,17,19H,9-11H2,1H3/q+1. The zero-order valence-corrected chi connectivity index (χ0v) is 12.6. The third-order valence-electron chi connectivity index (χ3n) is 4.51. The van der Waals surface area contributed by atoms with Crippen LogP contribution >= 0.6 is 0 Å². The third kappa shape index (κ3) is 1.98. The van der Waals surface area contributed by atoms with E-state index >= 15 is 0 Å². The molecular weight excluding hydrogens is 276 g/mol. The Bertz CT molecular complexity index is 716. The minimum absolute atomic E-state index is 0.318. The van der Waals surface area contributed by atoms with Crippen molar-refractivity contribution in [3.05, 3.63) is 75.7 Å². The lowest BCUT2D eigenvalue weighted by Gasteiger charge is -2.31. The maximum Gasteiger partial charge on any atom is 0.261 e. The van der Waals surface area contributed by atoms with Gasteiger partial charge in [0.05, 0.1) is 5.57 Å². The quantitative estimate of drug-likeness (QED) is 0.808. The molecule has 0 aromatic heterocycles. The number of ether oxygens (including phenoxy) is 1. The Hall–Kier alpha value is -2.36. The number of benzene rings is 1. The highest BCUT2D eigenvalue weighted by molar-refractivity contribution is 5.46. The fraction of sp³-hybridized carbons (Fsp3) is 0.333. The minimum atomic E-state index is -0.318. The molecule has 22 heavy (non-hydrogen) atoms. The largest absolute Gasteiger partial charge is 0.487 e. The van der Waals surface area contributed by atoms with E-state index in [-0.39, 0.29) is 6.04 Å². The summed E-state index contributed by atoms with van der Waals surface area (Å²) < 4.78 is 7.07. The molecule has 4 nitrogen and oxygen atoms in total. The van der Waals surface area contributed by atoms with Gasteiger partial charge in [-0.1, -0.05) is 30.3 Å². The van der Waals surface area contributed by atoms with Crippen LogP contribution in [0.25, 0.3) is 0 Å². The maximum absolute atomic E-state index is 13.0. The highest BCUT2D eigenvalue weighted by Crippen LogP contribution is 2.42. The van der Waals surface area contributed by atoms with Gasteiger partial charge >= 0.3 is 0 Å². The number of hydrogen-bond acceptors (Lipinski definition) is 3. The van der Waals surface area contributed by atoms with Crippen molar-refractivity contribution >= 4 is 0 Å². The summed E-state index contributed by atoms with van der Waals surface area (Å²) in [7, 11) is 0. The van der Waals surface area contributed by atoms with Gasteiger partial charge in [-0.3, -0.25) is 0 Å². The van der Waals surface area contributed by atoms with Crippen molar-refractivity contribution < 1.29 is 9.50 Å². The number of nitroso groups, excluding NO2 is 1. The van der Waals surface area contributed by atoms with Gasteiger partial charge in [0, 0.05) is 27.7 Å². The van der Waals surface area contributed by atoms with E-state index in [4.69, 9.17) is 4.74 Å². The van der Waals surface area contributed by atoms with Crippen LogP contribution in [-0.2, 0) is 4.74 Å². The van der Waals surface area contributed by atoms with Crippen molar-refractivity contribution in [2.45, 2.75) is 31.8 Å². The molecule has 0 aliphatic carbocycles. The molecule has 2 unspecified atom stereocenters. The molecule has 0 saturated heterocycles. The first kappa shape index (κ1) is 13.3. The van der Waals surface area contributed by atoms with Crippen molar-refractivity contribution in [2.75, 3.05) is 6.61 Å². The molecule has 2 atom stereocenters. The van der Waals surface area contributed by atoms with E-state index in [2.05, 4.69) is 12.2 Å². The predicted molar refractivity (Wildman–Crippen MR) is 83.8 cm³/mol. The van der Waals surface area contributed by atoms with Gasteiger partial charge in [-0.25, -0.2) is 0 Å². The molecule has 4 heteroatoms. The van der Waals surface area contributed by atoms with E-state index in [9.17, 15) is 4.91 Å². The molecule has 3 aliphatic rings. The fourth-order valence-electron chi connectivity index (χ4n) is 3.43. The van der Waals surface area contributed by atoms with Crippen molar-refractivity contribution in [1.29, 1.82) is 0 Å². The third-order valence-corrected chi connectivity index (χ3v) is 4.51. The molecule has 0 fully saturated rings. The van der Waals surface area contributed by atoms with E-state index in [1.54, 1.807) is 0 Å². The van der Waals surface area contributed by atoms with Gasteiger partial charge in [0.1, 0.15) is 6.61 Å². The van der Waals surface area contributed by atoms with Gasteiger partial charge in [0.25, 0.3) is 11.7 Å². The first-order valence-corrected chi connectivity index (χ1v) is 7.80. The molecule has 1 aromatic rings. The van der Waals surface area contributed by atoms with Crippen LogP contribution in [0.4, 0.5) is 0 Å². The van der Waals surface area contributed by atoms with Crippen LogP contribution in [0.3, 0.4) is 0 Å². The summed E-state index contributed by atoms with van der Waals surface area (Å²) in [6.07, 6.45) is 5.77. The van der Waals surface area contributed by atoms with Crippen LogP contribution in [0.15, 0.2) is 65.2 Å². The maximum atomic E-state index is 13.0. The first-order chi connectivity index (χ1) is 10.8. The second kappa shape index (κ2) is 5.13. The molecule has 1 aromatic carbocycles.